The Kier molecular flexibility index (Phi) is 6.78. The third-order valence-electron chi connectivity index (χ3n) is 3.38. The zero-order chi connectivity index (χ0) is 18.4. The van der Waals surface area contributed by atoms with Gasteiger partial charge >= 0.3 is 0 Å². The van der Waals surface area contributed by atoms with Gasteiger partial charge < -0.3 is 11.2 Å². The van der Waals surface area contributed by atoms with Gasteiger partial charge in [0.1, 0.15) is 0 Å². The van der Waals surface area contributed by atoms with Crippen molar-refractivity contribution >= 4 is 29.4 Å². The molecule has 0 aliphatic heterocycles. The van der Waals surface area contributed by atoms with Crippen LogP contribution in [0.1, 0.15) is 32.2 Å². The Morgan fingerprint density at radius 3 is 2.48 bits per heavy atom. The van der Waals surface area contributed by atoms with E-state index in [4.69, 9.17) is 5.84 Å². The largest absolute Gasteiger partial charge is 0.355 e. The maximum absolute atomic E-state index is 11.9. The number of amides is 1. The molecule has 0 fully saturated rings. The quantitative estimate of drug-likeness (QED) is 0.437. The monoisotopic (exact) mass is 379 g/mol. The van der Waals surface area contributed by atoms with Crippen LogP contribution >= 0.6 is 23.5 Å². The van der Waals surface area contributed by atoms with E-state index < -0.39 is 0 Å². The van der Waals surface area contributed by atoms with Gasteiger partial charge in [0.2, 0.25) is 11.1 Å². The van der Waals surface area contributed by atoms with Crippen molar-refractivity contribution < 1.29 is 4.79 Å². The Balaban J connectivity index is 1.71. The van der Waals surface area contributed by atoms with Gasteiger partial charge in [-0.05, 0) is 19.1 Å². The predicted molar refractivity (Wildman–Crippen MR) is 105 cm³/mol. The van der Waals surface area contributed by atoms with E-state index in [0.29, 0.717) is 17.5 Å². The molecule has 0 unspecified atom stereocenters. The van der Waals surface area contributed by atoms with Crippen molar-refractivity contribution in [3.63, 3.8) is 0 Å². The number of aryl methyl sites for hydroxylation is 1. The van der Waals surface area contributed by atoms with Crippen LogP contribution in [0.5, 0.6) is 0 Å². The summed E-state index contributed by atoms with van der Waals surface area (Å²) in [6, 6.07) is 8.37. The highest BCUT2D eigenvalue weighted by Crippen LogP contribution is 2.23. The van der Waals surface area contributed by atoms with Crippen LogP contribution in [0.25, 0.3) is 0 Å². The number of carbonyl (C=O) groups excluding carboxylic acids is 1. The van der Waals surface area contributed by atoms with Crippen molar-refractivity contribution in [3.05, 3.63) is 35.7 Å². The Labute approximate surface area is 157 Å². The minimum Gasteiger partial charge on any atom is -0.355 e. The summed E-state index contributed by atoms with van der Waals surface area (Å²) in [5, 5.41) is 11.6. The summed E-state index contributed by atoms with van der Waals surface area (Å²) >= 11 is 3.02. The van der Waals surface area contributed by atoms with Gasteiger partial charge in [-0.1, -0.05) is 50.2 Å². The summed E-state index contributed by atoms with van der Waals surface area (Å²) < 4.78 is 1.46. The first kappa shape index (κ1) is 19.7. The van der Waals surface area contributed by atoms with Crippen LogP contribution in [0.15, 0.2) is 34.3 Å². The molecule has 136 valence electrons. The number of hydrogen-bond donors (Lipinski definition) is 2. The summed E-state index contributed by atoms with van der Waals surface area (Å²) in [5.74, 6) is 7.78. The van der Waals surface area contributed by atoms with Crippen LogP contribution in [0, 0.1) is 6.92 Å². The van der Waals surface area contributed by atoms with E-state index in [1.54, 1.807) is 11.8 Å². The molecular formula is C17H25N5OS2. The highest BCUT2D eigenvalue weighted by Gasteiger charge is 2.23. The van der Waals surface area contributed by atoms with Crippen LogP contribution in [0.2, 0.25) is 0 Å². The third-order valence-corrected chi connectivity index (χ3v) is 5.34. The minimum atomic E-state index is -0.185. The third kappa shape index (κ3) is 5.97. The number of nitrogens with one attached hydrogen (secondary N) is 1. The lowest BCUT2D eigenvalue weighted by Crippen LogP contribution is -2.28. The molecule has 25 heavy (non-hydrogen) atoms. The van der Waals surface area contributed by atoms with E-state index in [0.717, 1.165) is 5.75 Å². The van der Waals surface area contributed by atoms with Gasteiger partial charge in [0.05, 0.1) is 5.75 Å². The Morgan fingerprint density at radius 1 is 1.20 bits per heavy atom. The molecule has 8 heteroatoms. The topological polar surface area (TPSA) is 85.8 Å². The summed E-state index contributed by atoms with van der Waals surface area (Å²) in [7, 11) is 0. The molecule has 0 atom stereocenters. The van der Waals surface area contributed by atoms with Gasteiger partial charge in [-0.2, -0.15) is 0 Å². The molecule has 1 aromatic carbocycles. The first-order valence-electron chi connectivity index (χ1n) is 8.07. The van der Waals surface area contributed by atoms with E-state index in [-0.39, 0.29) is 17.1 Å². The lowest BCUT2D eigenvalue weighted by molar-refractivity contribution is -0.118. The van der Waals surface area contributed by atoms with E-state index in [9.17, 15) is 4.79 Å². The fourth-order valence-electron chi connectivity index (χ4n) is 2.06. The minimum absolute atomic E-state index is 0.0326. The summed E-state index contributed by atoms with van der Waals surface area (Å²) in [5.41, 5.74) is 1.06. The molecule has 2 rings (SSSR count). The Bertz CT molecular complexity index is 707. The molecule has 0 radical (unpaired) electrons. The number of thioether (sulfide) groups is 2. The highest BCUT2D eigenvalue weighted by molar-refractivity contribution is 7.99. The molecule has 0 bridgehead atoms. The molecule has 2 aromatic rings. The summed E-state index contributed by atoms with van der Waals surface area (Å²) in [6.07, 6.45) is 0. The normalized spacial score (nSPS) is 11.5. The van der Waals surface area contributed by atoms with Crippen molar-refractivity contribution in [2.24, 2.45) is 0 Å². The predicted octanol–water partition coefficient (Wildman–Crippen LogP) is 2.60. The molecule has 1 aromatic heterocycles. The second-order valence-electron chi connectivity index (χ2n) is 6.73. The molecule has 1 heterocycles. The van der Waals surface area contributed by atoms with Crippen molar-refractivity contribution in [3.8, 4) is 0 Å². The molecule has 0 saturated carbocycles. The molecule has 0 saturated heterocycles. The van der Waals surface area contributed by atoms with Crippen LogP contribution in [0.3, 0.4) is 0 Å². The van der Waals surface area contributed by atoms with Crippen molar-refractivity contribution in [2.75, 3.05) is 23.9 Å². The van der Waals surface area contributed by atoms with Gasteiger partial charge in [0.25, 0.3) is 0 Å². The second-order valence-corrected chi connectivity index (χ2v) is 8.84. The van der Waals surface area contributed by atoms with E-state index >= 15 is 0 Å². The first-order valence-corrected chi connectivity index (χ1v) is 10.0. The average Bonchev–Trinajstić information content (AvgIpc) is 2.92. The molecule has 0 aliphatic rings. The van der Waals surface area contributed by atoms with Gasteiger partial charge in [-0.25, -0.2) is 4.68 Å². The van der Waals surface area contributed by atoms with E-state index in [1.165, 1.54) is 26.9 Å². The van der Waals surface area contributed by atoms with Crippen molar-refractivity contribution in [1.82, 2.24) is 20.2 Å². The number of rotatable bonds is 7. The molecule has 3 N–H and O–H groups in total. The number of nitrogen functional groups attached to an aromatic ring is 1. The highest BCUT2D eigenvalue weighted by atomic mass is 32.2. The van der Waals surface area contributed by atoms with E-state index in [2.05, 4.69) is 46.7 Å². The standard InChI is InChI=1S/C17H25N5OS2/c1-12-5-7-13(8-6-12)24-10-9-19-14(23)11-25-16-21-20-15(22(16)18)17(2,3)4/h5-8H,9-11,18H2,1-4H3,(H,19,23). The number of benzene rings is 1. The molecular weight excluding hydrogens is 354 g/mol. The van der Waals surface area contributed by atoms with Crippen LogP contribution in [0.4, 0.5) is 0 Å². The summed E-state index contributed by atoms with van der Waals surface area (Å²) in [4.78, 5) is 13.2. The van der Waals surface area contributed by atoms with Crippen molar-refractivity contribution in [1.29, 1.82) is 0 Å². The second kappa shape index (κ2) is 8.62. The SMILES string of the molecule is Cc1ccc(SCCNC(=O)CSc2nnc(C(C)(C)C)n2N)cc1. The van der Waals surface area contributed by atoms with Gasteiger partial charge in [-0.3, -0.25) is 4.79 Å². The smallest absolute Gasteiger partial charge is 0.230 e. The Morgan fingerprint density at radius 2 is 1.88 bits per heavy atom. The Hall–Kier alpha value is -1.67. The van der Waals surface area contributed by atoms with E-state index in [1.807, 2.05) is 20.8 Å². The molecule has 6 nitrogen and oxygen atoms in total. The van der Waals surface area contributed by atoms with Crippen LogP contribution in [-0.2, 0) is 10.2 Å². The number of carbonyl (C=O) groups is 1. The number of hydrogen-bond acceptors (Lipinski definition) is 6. The van der Waals surface area contributed by atoms with Gasteiger partial charge in [-0.15, -0.1) is 22.0 Å². The molecule has 0 spiro atoms. The fourth-order valence-corrected chi connectivity index (χ4v) is 3.52. The van der Waals surface area contributed by atoms with Crippen LogP contribution < -0.4 is 11.2 Å². The average molecular weight is 380 g/mol. The maximum Gasteiger partial charge on any atom is 0.230 e. The van der Waals surface area contributed by atoms with Crippen molar-refractivity contribution in [2.45, 2.75) is 43.2 Å². The zero-order valence-electron chi connectivity index (χ0n) is 15.1. The summed E-state index contributed by atoms with van der Waals surface area (Å²) in [6.45, 7) is 8.76. The molecule has 1 amide bonds. The van der Waals surface area contributed by atoms with Gasteiger partial charge in [0, 0.05) is 22.6 Å². The zero-order valence-corrected chi connectivity index (χ0v) is 16.7. The number of nitrogens with two attached hydrogens (primary N) is 1. The maximum atomic E-state index is 11.9. The number of aromatic nitrogens is 3. The lowest BCUT2D eigenvalue weighted by atomic mass is 9.96. The fraction of sp³-hybridized carbons (Fsp3) is 0.471. The number of nitrogens with zero attached hydrogens (tertiary/aromatic N) is 3. The van der Waals surface area contributed by atoms with Crippen LogP contribution in [-0.4, -0.2) is 38.8 Å². The lowest BCUT2D eigenvalue weighted by Gasteiger charge is -2.16. The first-order chi connectivity index (χ1) is 11.8. The van der Waals surface area contributed by atoms with Gasteiger partial charge in [0.15, 0.2) is 5.82 Å². The molecule has 0 aliphatic carbocycles.